The van der Waals surface area contributed by atoms with Gasteiger partial charge in [0.2, 0.25) is 0 Å². The number of rotatable bonds is 16. The van der Waals surface area contributed by atoms with Gasteiger partial charge in [-0.2, -0.15) is 0 Å². The van der Waals surface area contributed by atoms with Crippen LogP contribution in [0.1, 0.15) is 108 Å². The highest BCUT2D eigenvalue weighted by molar-refractivity contribution is 5.97. The van der Waals surface area contributed by atoms with Crippen molar-refractivity contribution < 1.29 is 43.4 Å². The molecule has 4 aliphatic rings. The standard InChI is InChI=1S/C39H57N3O10/c1-24(4-13-35(45)51-21-20-50-19-18-40)30-11-12-31-29-10-7-26-22-28(14-16-38(26,2)32(29)15-17-39(30,31)3)52-37(47)33(23-34(43)44)41-36(46)25-5-8-27(9-6-25)42(48)49/h5-6,8-9,24,26,28-33H,4,7,10-23,40H2,1-3H3,(H,41,46)(H,43,44)/t24-,26-,28-,29+,30?,31+,32+,33+,38+,39-/m1/s1. The maximum absolute atomic E-state index is 13.3. The van der Waals surface area contributed by atoms with Gasteiger partial charge in [-0.15, -0.1) is 0 Å². The van der Waals surface area contributed by atoms with Crippen LogP contribution in [-0.4, -0.2) is 72.4 Å². The van der Waals surface area contributed by atoms with E-state index < -0.39 is 35.2 Å². The first-order valence-electron chi connectivity index (χ1n) is 19.2. The van der Waals surface area contributed by atoms with E-state index in [1.165, 1.54) is 49.9 Å². The van der Waals surface area contributed by atoms with E-state index in [0.717, 1.165) is 32.1 Å². The van der Waals surface area contributed by atoms with Crippen LogP contribution in [0.4, 0.5) is 5.69 Å². The molecular weight excluding hydrogens is 670 g/mol. The van der Waals surface area contributed by atoms with Crippen LogP contribution in [0, 0.1) is 56.5 Å². The molecule has 1 aromatic rings. The third kappa shape index (κ3) is 8.78. The number of non-ortho nitro benzene ring substituents is 1. The maximum atomic E-state index is 13.3. The number of benzene rings is 1. The van der Waals surface area contributed by atoms with Crippen molar-refractivity contribution in [3.63, 3.8) is 0 Å². The molecule has 13 nitrogen and oxygen atoms in total. The molecule has 4 saturated carbocycles. The van der Waals surface area contributed by atoms with Gasteiger partial charge in [0.25, 0.3) is 11.6 Å². The molecule has 4 aliphatic carbocycles. The third-order valence-electron chi connectivity index (χ3n) is 13.5. The van der Waals surface area contributed by atoms with Crippen LogP contribution in [0.5, 0.6) is 0 Å². The Balaban J connectivity index is 1.14. The summed E-state index contributed by atoms with van der Waals surface area (Å²) in [7, 11) is 0. The Morgan fingerprint density at radius 1 is 0.981 bits per heavy atom. The van der Waals surface area contributed by atoms with Crippen LogP contribution in [0.3, 0.4) is 0 Å². The summed E-state index contributed by atoms with van der Waals surface area (Å²) >= 11 is 0. The molecule has 0 saturated heterocycles. The Morgan fingerprint density at radius 2 is 1.69 bits per heavy atom. The number of nitrogens with two attached hydrogens (primary N) is 1. The van der Waals surface area contributed by atoms with Gasteiger partial charge in [0.1, 0.15) is 18.8 Å². The van der Waals surface area contributed by atoms with Gasteiger partial charge in [-0.25, -0.2) is 4.79 Å². The second-order valence-corrected chi connectivity index (χ2v) is 16.3. The molecule has 0 aromatic heterocycles. The molecule has 0 spiro atoms. The Bertz CT molecular complexity index is 1450. The van der Waals surface area contributed by atoms with E-state index in [1.807, 2.05) is 0 Å². The Labute approximate surface area is 306 Å². The van der Waals surface area contributed by atoms with Crippen molar-refractivity contribution in [2.45, 2.75) is 110 Å². The highest BCUT2D eigenvalue weighted by Crippen LogP contribution is 2.68. The highest BCUT2D eigenvalue weighted by atomic mass is 16.6. The van der Waals surface area contributed by atoms with Gasteiger partial charge in [-0.3, -0.25) is 24.5 Å². The zero-order valence-corrected chi connectivity index (χ0v) is 30.9. The number of esters is 2. The number of carboxylic acids is 1. The second kappa shape index (κ2) is 17.0. The van der Waals surface area contributed by atoms with Gasteiger partial charge < -0.3 is 30.4 Å². The number of carboxylic acid groups (broad SMARTS) is 1. The molecule has 52 heavy (non-hydrogen) atoms. The number of amides is 1. The van der Waals surface area contributed by atoms with Crippen LogP contribution in [0.2, 0.25) is 0 Å². The van der Waals surface area contributed by atoms with Crippen LogP contribution in [0.15, 0.2) is 24.3 Å². The third-order valence-corrected chi connectivity index (χ3v) is 13.5. The van der Waals surface area contributed by atoms with Crippen molar-refractivity contribution >= 4 is 29.5 Å². The van der Waals surface area contributed by atoms with Crippen LogP contribution < -0.4 is 11.1 Å². The van der Waals surface area contributed by atoms with E-state index in [-0.39, 0.29) is 40.8 Å². The van der Waals surface area contributed by atoms with Gasteiger partial charge in [-0.05, 0) is 123 Å². The fourth-order valence-electron chi connectivity index (χ4n) is 10.9. The average molecular weight is 728 g/mol. The summed E-state index contributed by atoms with van der Waals surface area (Å²) in [5.41, 5.74) is 5.71. The number of carbonyl (C=O) groups is 4. The molecule has 10 atom stereocenters. The summed E-state index contributed by atoms with van der Waals surface area (Å²) in [5, 5.41) is 22.9. The number of hydrogen-bond donors (Lipinski definition) is 3. The predicted molar refractivity (Wildman–Crippen MR) is 191 cm³/mol. The van der Waals surface area contributed by atoms with Crippen molar-refractivity contribution in [1.29, 1.82) is 0 Å². The Kier molecular flexibility index (Phi) is 13.0. The molecule has 4 N–H and O–H groups in total. The number of nitro groups is 1. The Morgan fingerprint density at radius 3 is 2.38 bits per heavy atom. The number of nitrogens with one attached hydrogen (secondary N) is 1. The van der Waals surface area contributed by atoms with Crippen molar-refractivity contribution in [2.75, 3.05) is 26.4 Å². The normalized spacial score (nSPS) is 31.9. The number of ether oxygens (including phenoxy) is 3. The lowest BCUT2D eigenvalue weighted by Crippen LogP contribution is -2.54. The van der Waals surface area contributed by atoms with Crippen molar-refractivity contribution in [3.8, 4) is 0 Å². The number of carbonyl (C=O) groups excluding carboxylic acids is 3. The lowest BCUT2D eigenvalue weighted by atomic mass is 9.44. The zero-order valence-electron chi connectivity index (χ0n) is 30.9. The lowest BCUT2D eigenvalue weighted by molar-refractivity contribution is -0.384. The van der Waals surface area contributed by atoms with E-state index in [1.54, 1.807) is 0 Å². The minimum atomic E-state index is -1.38. The minimum absolute atomic E-state index is 0.0755. The second-order valence-electron chi connectivity index (χ2n) is 16.3. The van der Waals surface area contributed by atoms with Crippen molar-refractivity contribution in [2.24, 2.45) is 52.1 Å². The van der Waals surface area contributed by atoms with Crippen LogP contribution in [-0.2, 0) is 28.6 Å². The summed E-state index contributed by atoms with van der Waals surface area (Å²) in [5.74, 6) is 0.437. The quantitative estimate of drug-likeness (QED) is 0.0821. The first-order chi connectivity index (χ1) is 24.8. The summed E-state index contributed by atoms with van der Waals surface area (Å²) in [6.07, 6.45) is 9.61. The highest BCUT2D eigenvalue weighted by Gasteiger charge is 2.60. The average Bonchev–Trinajstić information content (AvgIpc) is 3.47. The largest absolute Gasteiger partial charge is 0.481 e. The number of aliphatic carboxylic acids is 1. The van der Waals surface area contributed by atoms with Gasteiger partial charge in [0.05, 0.1) is 24.6 Å². The monoisotopic (exact) mass is 727 g/mol. The van der Waals surface area contributed by atoms with Gasteiger partial charge in [-0.1, -0.05) is 20.8 Å². The fourth-order valence-corrected chi connectivity index (χ4v) is 10.9. The minimum Gasteiger partial charge on any atom is -0.481 e. The number of hydrogen-bond acceptors (Lipinski definition) is 10. The van der Waals surface area contributed by atoms with Crippen LogP contribution in [0.25, 0.3) is 0 Å². The molecule has 0 aliphatic heterocycles. The summed E-state index contributed by atoms with van der Waals surface area (Å²) < 4.78 is 16.6. The molecule has 0 heterocycles. The topological polar surface area (TPSA) is 197 Å². The molecule has 288 valence electrons. The summed E-state index contributed by atoms with van der Waals surface area (Å²) in [6, 6.07) is 3.50. The smallest absolute Gasteiger partial charge is 0.329 e. The van der Waals surface area contributed by atoms with E-state index >= 15 is 0 Å². The fraction of sp³-hybridized carbons (Fsp3) is 0.744. The van der Waals surface area contributed by atoms with Gasteiger partial charge >= 0.3 is 17.9 Å². The molecule has 1 unspecified atom stereocenters. The zero-order chi connectivity index (χ0) is 37.6. The molecule has 0 radical (unpaired) electrons. The molecular formula is C39H57N3O10. The molecule has 4 fully saturated rings. The van der Waals surface area contributed by atoms with E-state index in [4.69, 9.17) is 19.9 Å². The maximum Gasteiger partial charge on any atom is 0.329 e. The van der Waals surface area contributed by atoms with Gasteiger partial charge in [0.15, 0.2) is 0 Å². The van der Waals surface area contributed by atoms with Gasteiger partial charge in [0, 0.05) is 30.7 Å². The molecule has 1 aromatic carbocycles. The molecule has 1 amide bonds. The van der Waals surface area contributed by atoms with E-state index in [9.17, 15) is 34.4 Å². The molecule has 0 bridgehead atoms. The summed E-state index contributed by atoms with van der Waals surface area (Å²) in [4.78, 5) is 60.6. The molecule has 5 rings (SSSR count). The molecule has 13 heteroatoms. The van der Waals surface area contributed by atoms with E-state index in [2.05, 4.69) is 26.1 Å². The van der Waals surface area contributed by atoms with E-state index in [0.29, 0.717) is 68.1 Å². The predicted octanol–water partition coefficient (Wildman–Crippen LogP) is 5.67. The first-order valence-corrected chi connectivity index (χ1v) is 19.2. The Hall–Kier alpha value is -3.58. The number of nitro benzene ring substituents is 1. The van der Waals surface area contributed by atoms with Crippen LogP contribution >= 0.6 is 0 Å². The first kappa shape index (κ1) is 39.6. The van der Waals surface area contributed by atoms with Crippen molar-refractivity contribution in [3.05, 3.63) is 39.9 Å². The number of fused-ring (bicyclic) bond motifs is 5. The number of nitrogens with zero attached hydrogens (tertiary/aromatic N) is 1. The van der Waals surface area contributed by atoms with Crippen molar-refractivity contribution in [1.82, 2.24) is 5.32 Å². The SMILES string of the molecule is C[C@H](CCC(=O)OCCOCCN)C1CC[C@H]2[C@@H]3CC[C@@H]4C[C@H](OC(=O)[C@H](CC(=O)O)NC(=O)c5ccc([N+](=O)[O-])cc5)CC[C@]4(C)[C@H]3CC[C@]12C. The lowest BCUT2D eigenvalue weighted by Gasteiger charge is -2.61. The summed E-state index contributed by atoms with van der Waals surface area (Å²) in [6.45, 7) is 8.80.